The summed E-state index contributed by atoms with van der Waals surface area (Å²) in [4.78, 5) is 4.58. The molecule has 0 spiro atoms. The third kappa shape index (κ3) is 2.03. The van der Waals surface area contributed by atoms with Gasteiger partial charge < -0.3 is 0 Å². The van der Waals surface area contributed by atoms with Crippen molar-refractivity contribution in [1.82, 2.24) is 9.55 Å². The maximum absolute atomic E-state index is 4.58. The Kier molecular flexibility index (Phi) is 3.08. The van der Waals surface area contributed by atoms with E-state index in [-0.39, 0.29) is 0 Å². The minimum atomic E-state index is 1.02. The van der Waals surface area contributed by atoms with Gasteiger partial charge in [0.15, 0.2) is 0 Å². The number of aryl methyl sites for hydroxylation is 2. The number of benzene rings is 2. The fourth-order valence-corrected chi connectivity index (χ4v) is 2.52. The molecule has 1 aromatic heterocycles. The Balaban J connectivity index is 2.20. The SMILES string of the molecule is CCc1cccc(-n2cnc3c(CC)cccc32)c1. The highest BCUT2D eigenvalue weighted by molar-refractivity contribution is 5.80. The van der Waals surface area contributed by atoms with E-state index in [1.54, 1.807) is 0 Å². The summed E-state index contributed by atoms with van der Waals surface area (Å²) in [6.07, 6.45) is 4.00. The summed E-state index contributed by atoms with van der Waals surface area (Å²) in [6, 6.07) is 15.1. The lowest BCUT2D eigenvalue weighted by Gasteiger charge is -2.06. The molecule has 0 unspecified atom stereocenters. The highest BCUT2D eigenvalue weighted by Gasteiger charge is 2.07. The Bertz CT molecular complexity index is 710. The van der Waals surface area contributed by atoms with Crippen molar-refractivity contribution in [3.63, 3.8) is 0 Å². The molecule has 0 fully saturated rings. The molecule has 19 heavy (non-hydrogen) atoms. The van der Waals surface area contributed by atoms with Crippen LogP contribution in [-0.2, 0) is 12.8 Å². The third-order valence-electron chi connectivity index (χ3n) is 3.64. The molecule has 3 rings (SSSR count). The van der Waals surface area contributed by atoms with E-state index in [0.717, 1.165) is 18.4 Å². The largest absolute Gasteiger partial charge is 0.299 e. The van der Waals surface area contributed by atoms with Crippen LogP contribution in [0.15, 0.2) is 48.8 Å². The van der Waals surface area contributed by atoms with E-state index in [4.69, 9.17) is 0 Å². The van der Waals surface area contributed by atoms with Crippen molar-refractivity contribution in [2.75, 3.05) is 0 Å². The fourth-order valence-electron chi connectivity index (χ4n) is 2.52. The van der Waals surface area contributed by atoms with Crippen molar-refractivity contribution in [1.29, 1.82) is 0 Å². The zero-order chi connectivity index (χ0) is 13.2. The average Bonchev–Trinajstić information content (AvgIpc) is 2.91. The molecule has 0 saturated heterocycles. The average molecular weight is 250 g/mol. The Morgan fingerprint density at radius 1 is 1.00 bits per heavy atom. The molecular weight excluding hydrogens is 232 g/mol. The molecule has 2 heteroatoms. The lowest BCUT2D eigenvalue weighted by Crippen LogP contribution is -1.93. The summed E-state index contributed by atoms with van der Waals surface area (Å²) >= 11 is 0. The second kappa shape index (κ2) is 4.88. The molecule has 96 valence electrons. The van der Waals surface area contributed by atoms with E-state index in [1.165, 1.54) is 22.3 Å². The molecule has 1 heterocycles. The number of hydrogen-bond acceptors (Lipinski definition) is 1. The molecule has 0 aliphatic rings. The first-order valence-corrected chi connectivity index (χ1v) is 6.87. The second-order valence-electron chi connectivity index (χ2n) is 4.78. The van der Waals surface area contributed by atoms with Gasteiger partial charge in [0.25, 0.3) is 0 Å². The van der Waals surface area contributed by atoms with Gasteiger partial charge in [0, 0.05) is 5.69 Å². The van der Waals surface area contributed by atoms with Crippen LogP contribution >= 0.6 is 0 Å². The molecule has 0 radical (unpaired) electrons. The normalized spacial score (nSPS) is 11.1. The van der Waals surface area contributed by atoms with Gasteiger partial charge >= 0.3 is 0 Å². The van der Waals surface area contributed by atoms with Crippen LogP contribution in [0.3, 0.4) is 0 Å². The Morgan fingerprint density at radius 2 is 1.84 bits per heavy atom. The zero-order valence-electron chi connectivity index (χ0n) is 11.4. The number of imidazole rings is 1. The summed E-state index contributed by atoms with van der Waals surface area (Å²) in [6.45, 7) is 4.35. The van der Waals surface area contributed by atoms with Gasteiger partial charge in [-0.25, -0.2) is 4.98 Å². The van der Waals surface area contributed by atoms with Gasteiger partial charge in [-0.15, -0.1) is 0 Å². The first-order valence-electron chi connectivity index (χ1n) is 6.87. The Labute approximate surface area is 113 Å². The van der Waals surface area contributed by atoms with Crippen molar-refractivity contribution >= 4 is 11.0 Å². The van der Waals surface area contributed by atoms with Gasteiger partial charge in [-0.3, -0.25) is 4.57 Å². The van der Waals surface area contributed by atoms with Crippen LogP contribution in [0.2, 0.25) is 0 Å². The van der Waals surface area contributed by atoms with E-state index < -0.39 is 0 Å². The van der Waals surface area contributed by atoms with Crippen LogP contribution in [0, 0.1) is 0 Å². The highest BCUT2D eigenvalue weighted by Crippen LogP contribution is 2.22. The lowest BCUT2D eigenvalue weighted by atomic mass is 10.1. The van der Waals surface area contributed by atoms with Crippen LogP contribution in [-0.4, -0.2) is 9.55 Å². The maximum atomic E-state index is 4.58. The molecule has 2 nitrogen and oxygen atoms in total. The van der Waals surface area contributed by atoms with Gasteiger partial charge in [0.2, 0.25) is 0 Å². The zero-order valence-corrected chi connectivity index (χ0v) is 11.4. The van der Waals surface area contributed by atoms with Crippen molar-refractivity contribution in [3.05, 3.63) is 59.9 Å². The molecule has 0 aliphatic heterocycles. The van der Waals surface area contributed by atoms with Crippen molar-refractivity contribution in [3.8, 4) is 5.69 Å². The van der Waals surface area contributed by atoms with Crippen LogP contribution in [0.4, 0.5) is 0 Å². The van der Waals surface area contributed by atoms with Gasteiger partial charge in [-0.05, 0) is 42.2 Å². The number of rotatable bonds is 3. The van der Waals surface area contributed by atoms with Crippen LogP contribution in [0.5, 0.6) is 0 Å². The standard InChI is InChI=1S/C17H18N2/c1-3-13-7-5-9-15(11-13)19-12-18-17-14(4-2)8-6-10-16(17)19/h5-12H,3-4H2,1-2H3. The second-order valence-corrected chi connectivity index (χ2v) is 4.78. The molecule has 2 aromatic carbocycles. The Hall–Kier alpha value is -2.09. The third-order valence-corrected chi connectivity index (χ3v) is 3.64. The number of nitrogens with zero attached hydrogens (tertiary/aromatic N) is 2. The monoisotopic (exact) mass is 250 g/mol. The molecule has 0 amide bonds. The maximum Gasteiger partial charge on any atom is 0.100 e. The smallest absolute Gasteiger partial charge is 0.100 e. The molecule has 0 saturated carbocycles. The summed E-state index contributed by atoms with van der Waals surface area (Å²) in [5.41, 5.74) is 6.16. The fraction of sp³-hybridized carbons (Fsp3) is 0.235. The van der Waals surface area contributed by atoms with Crippen LogP contribution < -0.4 is 0 Å². The van der Waals surface area contributed by atoms with Gasteiger partial charge in [-0.1, -0.05) is 38.1 Å². The predicted octanol–water partition coefficient (Wildman–Crippen LogP) is 4.15. The molecule has 0 bridgehead atoms. The highest BCUT2D eigenvalue weighted by atomic mass is 15.0. The van der Waals surface area contributed by atoms with Crippen molar-refractivity contribution < 1.29 is 0 Å². The first-order chi connectivity index (χ1) is 9.33. The predicted molar refractivity (Wildman–Crippen MR) is 79.8 cm³/mol. The van der Waals surface area contributed by atoms with Gasteiger partial charge in [0.1, 0.15) is 6.33 Å². The number of hydrogen-bond donors (Lipinski definition) is 0. The van der Waals surface area contributed by atoms with Crippen LogP contribution in [0.25, 0.3) is 16.7 Å². The summed E-state index contributed by atoms with van der Waals surface area (Å²) in [7, 11) is 0. The minimum absolute atomic E-state index is 1.02. The first kappa shape index (κ1) is 12.0. The van der Waals surface area contributed by atoms with Gasteiger partial charge in [0.05, 0.1) is 11.0 Å². The minimum Gasteiger partial charge on any atom is -0.299 e. The Morgan fingerprint density at radius 3 is 2.63 bits per heavy atom. The molecule has 0 atom stereocenters. The topological polar surface area (TPSA) is 17.8 Å². The summed E-state index contributed by atoms with van der Waals surface area (Å²) in [5, 5.41) is 0. The number of para-hydroxylation sites is 1. The molecule has 0 N–H and O–H groups in total. The van der Waals surface area contributed by atoms with Crippen LogP contribution in [0.1, 0.15) is 25.0 Å². The van der Waals surface area contributed by atoms with E-state index >= 15 is 0 Å². The van der Waals surface area contributed by atoms with E-state index in [2.05, 4.69) is 65.9 Å². The molecular formula is C17H18N2. The van der Waals surface area contributed by atoms with E-state index in [1.807, 2.05) is 6.33 Å². The molecule has 3 aromatic rings. The summed E-state index contributed by atoms with van der Waals surface area (Å²) in [5.74, 6) is 0. The summed E-state index contributed by atoms with van der Waals surface area (Å²) < 4.78 is 2.17. The van der Waals surface area contributed by atoms with E-state index in [0.29, 0.717) is 0 Å². The number of aromatic nitrogens is 2. The van der Waals surface area contributed by atoms with Crippen molar-refractivity contribution in [2.45, 2.75) is 26.7 Å². The van der Waals surface area contributed by atoms with Crippen molar-refractivity contribution in [2.24, 2.45) is 0 Å². The quantitative estimate of drug-likeness (QED) is 0.682. The van der Waals surface area contributed by atoms with Gasteiger partial charge in [-0.2, -0.15) is 0 Å². The molecule has 0 aliphatic carbocycles. The van der Waals surface area contributed by atoms with E-state index in [9.17, 15) is 0 Å². The number of fused-ring (bicyclic) bond motifs is 1. The lowest BCUT2D eigenvalue weighted by molar-refractivity contribution is 1.07.